The van der Waals surface area contributed by atoms with Crippen LogP contribution in [0.3, 0.4) is 0 Å². The van der Waals surface area contributed by atoms with Gasteiger partial charge in [0.1, 0.15) is 11.4 Å². The third-order valence-electron chi connectivity index (χ3n) is 6.58. The first kappa shape index (κ1) is 21.5. The van der Waals surface area contributed by atoms with Crippen LogP contribution in [0.5, 0.6) is 0 Å². The van der Waals surface area contributed by atoms with Gasteiger partial charge in [0.05, 0.1) is 9.85 Å². The van der Waals surface area contributed by atoms with Gasteiger partial charge in [0.15, 0.2) is 0 Å². The van der Waals surface area contributed by atoms with Crippen molar-refractivity contribution in [2.75, 3.05) is 0 Å². The SMILES string of the molecule is Cc1cnc(-c2ccc3ccc4c(-c5ncc(C)cc5[N+](=O)[O-])ccc5ccc2c3c54)c([N+](=O)[O-])c1. The van der Waals surface area contributed by atoms with Crippen molar-refractivity contribution in [2.45, 2.75) is 13.8 Å². The third-order valence-corrected chi connectivity index (χ3v) is 6.58. The Labute approximate surface area is 204 Å². The van der Waals surface area contributed by atoms with E-state index in [9.17, 15) is 20.2 Å². The molecule has 0 radical (unpaired) electrons. The molecule has 0 amide bonds. The van der Waals surface area contributed by atoms with Crippen molar-refractivity contribution in [1.82, 2.24) is 9.97 Å². The van der Waals surface area contributed by atoms with Gasteiger partial charge in [-0.05, 0) is 57.3 Å². The molecule has 6 aromatic rings. The van der Waals surface area contributed by atoms with E-state index in [1.807, 2.05) is 48.5 Å². The Balaban J connectivity index is 1.71. The van der Waals surface area contributed by atoms with Crippen LogP contribution in [-0.2, 0) is 0 Å². The smallest absolute Gasteiger partial charge is 0.258 e. The van der Waals surface area contributed by atoms with Gasteiger partial charge in [-0.1, -0.05) is 48.5 Å². The summed E-state index contributed by atoms with van der Waals surface area (Å²) in [7, 11) is 0. The van der Waals surface area contributed by atoms with Gasteiger partial charge in [-0.25, -0.2) is 9.97 Å². The van der Waals surface area contributed by atoms with Crippen LogP contribution in [0.25, 0.3) is 54.8 Å². The largest absolute Gasteiger partial charge is 0.295 e. The zero-order valence-corrected chi connectivity index (χ0v) is 19.4. The van der Waals surface area contributed by atoms with E-state index in [1.54, 1.807) is 26.2 Å². The van der Waals surface area contributed by atoms with Crippen LogP contribution in [0, 0.1) is 34.1 Å². The van der Waals surface area contributed by atoms with E-state index in [-0.39, 0.29) is 11.4 Å². The van der Waals surface area contributed by atoms with Gasteiger partial charge in [-0.2, -0.15) is 0 Å². The van der Waals surface area contributed by atoms with Gasteiger partial charge in [0.2, 0.25) is 0 Å². The molecular formula is C28H18N4O4. The molecule has 0 fully saturated rings. The molecule has 6 rings (SSSR count). The van der Waals surface area contributed by atoms with Gasteiger partial charge < -0.3 is 0 Å². The predicted octanol–water partition coefficient (Wildman–Crippen LogP) is 7.14. The van der Waals surface area contributed by atoms with Crippen LogP contribution in [0.1, 0.15) is 11.1 Å². The van der Waals surface area contributed by atoms with Gasteiger partial charge in [-0.3, -0.25) is 20.2 Å². The van der Waals surface area contributed by atoms with Crippen LogP contribution in [0.15, 0.2) is 73.1 Å². The summed E-state index contributed by atoms with van der Waals surface area (Å²) in [4.78, 5) is 31.7. The van der Waals surface area contributed by atoms with Crippen molar-refractivity contribution in [3.63, 3.8) is 0 Å². The molecule has 0 saturated carbocycles. The molecule has 0 aliphatic carbocycles. The van der Waals surface area contributed by atoms with Gasteiger partial charge in [0, 0.05) is 35.7 Å². The highest BCUT2D eigenvalue weighted by molar-refractivity contribution is 6.27. The van der Waals surface area contributed by atoms with E-state index >= 15 is 0 Å². The second kappa shape index (κ2) is 7.78. The fourth-order valence-corrected chi connectivity index (χ4v) is 5.01. The second-order valence-electron chi connectivity index (χ2n) is 8.92. The fraction of sp³-hybridized carbons (Fsp3) is 0.0714. The number of aromatic nitrogens is 2. The van der Waals surface area contributed by atoms with Crippen LogP contribution < -0.4 is 0 Å². The van der Waals surface area contributed by atoms with Crippen LogP contribution in [0.2, 0.25) is 0 Å². The monoisotopic (exact) mass is 474 g/mol. The lowest BCUT2D eigenvalue weighted by Crippen LogP contribution is -1.98. The summed E-state index contributed by atoms with van der Waals surface area (Å²) in [5.74, 6) is 0. The maximum atomic E-state index is 11.8. The molecule has 2 aromatic heterocycles. The van der Waals surface area contributed by atoms with Gasteiger partial charge in [-0.15, -0.1) is 0 Å². The van der Waals surface area contributed by atoms with Crippen LogP contribution in [-0.4, -0.2) is 19.8 Å². The quantitative estimate of drug-likeness (QED) is 0.152. The van der Waals surface area contributed by atoms with E-state index in [1.165, 1.54) is 12.1 Å². The molecular weight excluding hydrogens is 456 g/mol. The molecule has 0 spiro atoms. The molecule has 8 nitrogen and oxygen atoms in total. The number of hydrogen-bond donors (Lipinski definition) is 0. The molecule has 174 valence electrons. The minimum absolute atomic E-state index is 0.0507. The summed E-state index contributed by atoms with van der Waals surface area (Å²) < 4.78 is 0. The average molecular weight is 474 g/mol. The Morgan fingerprint density at radius 2 is 1.00 bits per heavy atom. The number of rotatable bonds is 4. The Hall–Kier alpha value is -4.98. The van der Waals surface area contributed by atoms with E-state index in [0.717, 1.165) is 32.3 Å². The van der Waals surface area contributed by atoms with Crippen molar-refractivity contribution < 1.29 is 9.85 Å². The molecule has 4 aromatic carbocycles. The Bertz CT molecular complexity index is 1740. The van der Waals surface area contributed by atoms with Crippen LogP contribution in [0.4, 0.5) is 11.4 Å². The summed E-state index contributed by atoms with van der Waals surface area (Å²) in [5.41, 5.74) is 3.25. The van der Waals surface area contributed by atoms with Crippen LogP contribution >= 0.6 is 0 Å². The highest BCUT2D eigenvalue weighted by atomic mass is 16.6. The van der Waals surface area contributed by atoms with E-state index in [2.05, 4.69) is 9.97 Å². The average Bonchev–Trinajstić information content (AvgIpc) is 2.87. The lowest BCUT2D eigenvalue weighted by molar-refractivity contribution is -0.384. The maximum Gasteiger partial charge on any atom is 0.295 e. The number of benzene rings is 4. The third kappa shape index (κ3) is 3.15. The second-order valence-corrected chi connectivity index (χ2v) is 8.92. The molecule has 0 atom stereocenters. The van der Waals surface area contributed by atoms with E-state index < -0.39 is 9.85 Å². The van der Waals surface area contributed by atoms with Crippen molar-refractivity contribution in [2.24, 2.45) is 0 Å². The summed E-state index contributed by atoms with van der Waals surface area (Å²) in [6.07, 6.45) is 3.25. The molecule has 36 heavy (non-hydrogen) atoms. The summed E-state index contributed by atoms with van der Waals surface area (Å²) in [6.45, 7) is 3.54. The van der Waals surface area contributed by atoms with E-state index in [0.29, 0.717) is 33.6 Å². The lowest BCUT2D eigenvalue weighted by atomic mass is 9.88. The minimum atomic E-state index is -0.409. The van der Waals surface area contributed by atoms with Crippen molar-refractivity contribution in [3.8, 4) is 22.5 Å². The summed E-state index contributed by atoms with van der Waals surface area (Å²) in [6, 6.07) is 18.5. The number of hydrogen-bond acceptors (Lipinski definition) is 6. The molecule has 0 aliphatic heterocycles. The Morgan fingerprint density at radius 3 is 1.39 bits per heavy atom. The lowest BCUT2D eigenvalue weighted by Gasteiger charge is -2.16. The maximum absolute atomic E-state index is 11.8. The summed E-state index contributed by atoms with van der Waals surface area (Å²) >= 11 is 0. The number of nitrogens with zero attached hydrogens (tertiary/aromatic N) is 4. The fourth-order valence-electron chi connectivity index (χ4n) is 5.01. The molecule has 0 saturated heterocycles. The van der Waals surface area contributed by atoms with Crippen molar-refractivity contribution in [3.05, 3.63) is 104 Å². The first-order chi connectivity index (χ1) is 17.3. The number of nitro groups is 2. The minimum Gasteiger partial charge on any atom is -0.258 e. The standard InChI is InChI=1S/C28H18N4O4/c1-15-11-23(31(33)34)27(29-13-15)21-9-5-17-4-8-20-22(28-24(32(35)36)12-16(2)14-30-28)10-6-18-3-7-19(21)25(17)26(18)20/h3-14H,1-2H3. The molecule has 0 unspecified atom stereocenters. The van der Waals surface area contributed by atoms with Crippen molar-refractivity contribution >= 4 is 43.7 Å². The van der Waals surface area contributed by atoms with Gasteiger partial charge >= 0.3 is 0 Å². The Morgan fingerprint density at radius 1 is 0.611 bits per heavy atom. The number of pyridine rings is 2. The van der Waals surface area contributed by atoms with Crippen molar-refractivity contribution in [1.29, 1.82) is 0 Å². The molecule has 0 bridgehead atoms. The first-order valence-electron chi connectivity index (χ1n) is 11.3. The molecule has 8 heteroatoms. The molecule has 0 N–H and O–H groups in total. The first-order valence-corrected chi connectivity index (χ1v) is 11.3. The zero-order valence-electron chi connectivity index (χ0n) is 19.4. The Kier molecular flexibility index (Phi) is 4.65. The number of aryl methyl sites for hydroxylation is 2. The molecule has 0 aliphatic rings. The zero-order chi connectivity index (χ0) is 25.1. The molecule has 2 heterocycles. The highest BCUT2D eigenvalue weighted by Crippen LogP contribution is 2.44. The topological polar surface area (TPSA) is 112 Å². The predicted molar refractivity (Wildman–Crippen MR) is 139 cm³/mol. The summed E-state index contributed by atoms with van der Waals surface area (Å²) in [5, 5.41) is 29.1. The normalized spacial score (nSPS) is 11.5. The van der Waals surface area contributed by atoms with E-state index in [4.69, 9.17) is 0 Å². The highest BCUT2D eigenvalue weighted by Gasteiger charge is 2.23. The van der Waals surface area contributed by atoms with Gasteiger partial charge in [0.25, 0.3) is 11.4 Å².